The number of carbonyl (C=O) groups is 5. The molecular formula is C40H57IN4O7. The van der Waals surface area contributed by atoms with Crippen LogP contribution < -0.4 is 10.6 Å². The third-order valence-corrected chi connectivity index (χ3v) is 11.2. The summed E-state index contributed by atoms with van der Waals surface area (Å²) in [6.45, 7) is 12.6. The number of ether oxygens (including phenoxy) is 2. The van der Waals surface area contributed by atoms with E-state index in [1.807, 2.05) is 63.2 Å². The number of esters is 1. The number of halogens is 1. The standard InChI is InChI=1S/C40H57IN4O7/c1-25(44(8)38(50)52-40(5,6)7)34(46)43-33(39(2,3)4)36(48)45-22-21-30(41)32(45)35(47)42-31(37(49)51-29-17-11-9-10-12-18-29)24-26-19-20-27-15-13-14-16-28(27)23-26/h13-16,19-20,23,25,29-33H,9-12,17-18,21-22,24H2,1-8H3,(H,42,47)(H,43,46)/t25-,30?,31-,32-,33+/m0/s1. The van der Waals surface area contributed by atoms with Crippen LogP contribution in [0.5, 0.6) is 0 Å². The van der Waals surface area contributed by atoms with E-state index in [0.29, 0.717) is 13.0 Å². The predicted molar refractivity (Wildman–Crippen MR) is 210 cm³/mol. The average molecular weight is 833 g/mol. The van der Waals surface area contributed by atoms with Crippen LogP contribution in [0.25, 0.3) is 10.8 Å². The number of hydrogen-bond acceptors (Lipinski definition) is 7. The van der Waals surface area contributed by atoms with E-state index in [1.54, 1.807) is 27.7 Å². The fourth-order valence-corrected chi connectivity index (χ4v) is 7.70. The molecule has 2 fully saturated rings. The number of fused-ring (bicyclic) bond motifs is 1. The zero-order valence-corrected chi connectivity index (χ0v) is 34.2. The van der Waals surface area contributed by atoms with Crippen LogP contribution in [-0.4, -0.2) is 93.0 Å². The number of hydrogen-bond donors (Lipinski definition) is 2. The molecule has 0 spiro atoms. The van der Waals surface area contributed by atoms with E-state index in [2.05, 4.69) is 33.2 Å². The fraction of sp³-hybridized carbons (Fsp3) is 0.625. The quantitative estimate of drug-likeness (QED) is 0.124. The summed E-state index contributed by atoms with van der Waals surface area (Å²) in [5.41, 5.74) is -0.594. The van der Waals surface area contributed by atoms with Gasteiger partial charge in [0, 0.05) is 23.9 Å². The highest BCUT2D eigenvalue weighted by Gasteiger charge is 2.46. The summed E-state index contributed by atoms with van der Waals surface area (Å²) < 4.78 is 11.3. The molecular weight excluding hydrogens is 775 g/mol. The summed E-state index contributed by atoms with van der Waals surface area (Å²) in [7, 11) is 1.48. The van der Waals surface area contributed by atoms with Crippen molar-refractivity contribution >= 4 is 63.1 Å². The monoisotopic (exact) mass is 832 g/mol. The summed E-state index contributed by atoms with van der Waals surface area (Å²) in [6, 6.07) is 10.2. The van der Waals surface area contributed by atoms with E-state index in [1.165, 1.54) is 16.8 Å². The van der Waals surface area contributed by atoms with Gasteiger partial charge >= 0.3 is 12.1 Å². The highest BCUT2D eigenvalue weighted by molar-refractivity contribution is 14.1. The number of carbonyl (C=O) groups excluding carboxylic acids is 5. The summed E-state index contributed by atoms with van der Waals surface area (Å²) in [5, 5.41) is 7.98. The molecule has 5 atom stereocenters. The van der Waals surface area contributed by atoms with Gasteiger partial charge in [-0.2, -0.15) is 0 Å². The molecule has 1 saturated heterocycles. The molecule has 11 nitrogen and oxygen atoms in total. The van der Waals surface area contributed by atoms with Crippen molar-refractivity contribution < 1.29 is 33.4 Å². The minimum absolute atomic E-state index is 0.194. The van der Waals surface area contributed by atoms with Crippen molar-refractivity contribution in [2.45, 2.75) is 140 Å². The maximum atomic E-state index is 14.4. The van der Waals surface area contributed by atoms with Crippen molar-refractivity contribution in [2.24, 2.45) is 5.41 Å². The van der Waals surface area contributed by atoms with Crippen LogP contribution in [0, 0.1) is 5.41 Å². The second-order valence-corrected chi connectivity index (χ2v) is 18.0. The Bertz CT molecular complexity index is 1590. The van der Waals surface area contributed by atoms with E-state index in [0.717, 1.165) is 54.9 Å². The lowest BCUT2D eigenvalue weighted by atomic mass is 9.85. The lowest BCUT2D eigenvalue weighted by Crippen LogP contribution is -2.61. The lowest BCUT2D eigenvalue weighted by molar-refractivity contribution is -0.154. The fourth-order valence-electron chi connectivity index (χ4n) is 6.71. The number of nitrogens with one attached hydrogen (secondary N) is 2. The van der Waals surface area contributed by atoms with Crippen molar-refractivity contribution in [2.75, 3.05) is 13.6 Å². The molecule has 2 aromatic rings. The third-order valence-electron chi connectivity index (χ3n) is 9.86. The van der Waals surface area contributed by atoms with Gasteiger partial charge < -0.3 is 25.0 Å². The smallest absolute Gasteiger partial charge is 0.410 e. The number of benzene rings is 2. The SMILES string of the molecule is C[C@@H](C(=O)N[C@H](C(=O)N1CCC(I)[C@H]1C(=O)N[C@@H](Cc1ccc2ccccc2c1)C(=O)OC1CCCCCC1)C(C)(C)C)N(C)C(=O)OC(C)(C)C. The van der Waals surface area contributed by atoms with E-state index in [4.69, 9.17) is 9.47 Å². The molecule has 2 aromatic carbocycles. The largest absolute Gasteiger partial charge is 0.461 e. The van der Waals surface area contributed by atoms with Crippen LogP contribution in [0.1, 0.15) is 99.0 Å². The zero-order chi connectivity index (χ0) is 38.4. The van der Waals surface area contributed by atoms with Gasteiger partial charge in [-0.3, -0.25) is 19.3 Å². The Morgan fingerprint density at radius 3 is 2.15 bits per heavy atom. The first-order chi connectivity index (χ1) is 24.4. The number of amides is 4. The maximum Gasteiger partial charge on any atom is 0.410 e. The van der Waals surface area contributed by atoms with Crippen LogP contribution in [0.2, 0.25) is 0 Å². The van der Waals surface area contributed by atoms with Crippen LogP contribution in [-0.2, 0) is 35.1 Å². The Hall–Kier alpha value is -3.42. The van der Waals surface area contributed by atoms with E-state index in [-0.39, 0.29) is 16.4 Å². The van der Waals surface area contributed by atoms with Crippen LogP contribution in [0.4, 0.5) is 4.79 Å². The third kappa shape index (κ3) is 11.1. The van der Waals surface area contributed by atoms with Gasteiger partial charge in [0.1, 0.15) is 35.9 Å². The minimum atomic E-state index is -1.000. The molecule has 52 heavy (non-hydrogen) atoms. The highest BCUT2D eigenvalue weighted by Crippen LogP contribution is 2.30. The first-order valence-corrected chi connectivity index (χ1v) is 19.8. The molecule has 1 aliphatic carbocycles. The molecule has 4 amide bonds. The lowest BCUT2D eigenvalue weighted by Gasteiger charge is -2.37. The van der Waals surface area contributed by atoms with Gasteiger partial charge in [-0.05, 0) is 81.5 Å². The molecule has 0 radical (unpaired) electrons. The summed E-state index contributed by atoms with van der Waals surface area (Å²) >= 11 is 2.19. The van der Waals surface area contributed by atoms with Crippen molar-refractivity contribution in [3.63, 3.8) is 0 Å². The van der Waals surface area contributed by atoms with Crippen LogP contribution >= 0.6 is 22.6 Å². The predicted octanol–water partition coefficient (Wildman–Crippen LogP) is 6.32. The topological polar surface area (TPSA) is 134 Å². The van der Waals surface area contributed by atoms with Gasteiger partial charge in [0.25, 0.3) is 0 Å². The van der Waals surface area contributed by atoms with E-state index < -0.39 is 65.0 Å². The minimum Gasteiger partial charge on any atom is -0.461 e. The highest BCUT2D eigenvalue weighted by atomic mass is 127. The maximum absolute atomic E-state index is 14.4. The van der Waals surface area contributed by atoms with Crippen molar-refractivity contribution in [1.29, 1.82) is 0 Å². The van der Waals surface area contributed by atoms with Gasteiger partial charge in [-0.15, -0.1) is 0 Å². The van der Waals surface area contributed by atoms with Gasteiger partial charge in [-0.1, -0.05) is 98.7 Å². The Morgan fingerprint density at radius 1 is 0.904 bits per heavy atom. The Balaban J connectivity index is 1.54. The van der Waals surface area contributed by atoms with E-state index >= 15 is 0 Å². The normalized spacial score (nSPS) is 20.3. The van der Waals surface area contributed by atoms with Gasteiger partial charge in [0.2, 0.25) is 17.7 Å². The summed E-state index contributed by atoms with van der Waals surface area (Å²) in [5.74, 6) is -1.84. The Morgan fingerprint density at radius 2 is 1.54 bits per heavy atom. The molecule has 2 aliphatic rings. The number of likely N-dealkylation sites (N-methyl/N-ethyl adjacent to an activating group) is 1. The number of rotatable bonds is 10. The van der Waals surface area contributed by atoms with Crippen molar-refractivity contribution in [1.82, 2.24) is 20.4 Å². The van der Waals surface area contributed by atoms with Crippen LogP contribution in [0.15, 0.2) is 42.5 Å². The molecule has 0 aromatic heterocycles. The second-order valence-electron chi connectivity index (χ2n) is 16.4. The molecule has 1 aliphatic heterocycles. The summed E-state index contributed by atoms with van der Waals surface area (Å²) in [6.07, 6.45) is 5.77. The molecule has 1 heterocycles. The molecule has 2 N–H and O–H groups in total. The van der Waals surface area contributed by atoms with Gasteiger partial charge in [-0.25, -0.2) is 9.59 Å². The molecule has 1 saturated carbocycles. The zero-order valence-electron chi connectivity index (χ0n) is 32.0. The van der Waals surface area contributed by atoms with Gasteiger partial charge in [0.05, 0.1) is 0 Å². The first kappa shape index (κ1) is 41.3. The molecule has 4 rings (SSSR count). The summed E-state index contributed by atoms with van der Waals surface area (Å²) in [4.78, 5) is 71.4. The second kappa shape index (κ2) is 17.6. The molecule has 286 valence electrons. The first-order valence-electron chi connectivity index (χ1n) is 18.5. The Labute approximate surface area is 322 Å². The molecule has 0 bridgehead atoms. The Kier molecular flexibility index (Phi) is 14.0. The van der Waals surface area contributed by atoms with Gasteiger partial charge in [0.15, 0.2) is 0 Å². The average Bonchev–Trinajstić information content (AvgIpc) is 3.27. The molecule has 1 unspecified atom stereocenters. The number of nitrogens with zero attached hydrogens (tertiary/aromatic N) is 2. The van der Waals surface area contributed by atoms with E-state index in [9.17, 15) is 24.0 Å². The van der Waals surface area contributed by atoms with Crippen molar-refractivity contribution in [3.8, 4) is 0 Å². The van der Waals surface area contributed by atoms with Crippen LogP contribution in [0.3, 0.4) is 0 Å². The van der Waals surface area contributed by atoms with Crippen molar-refractivity contribution in [3.05, 3.63) is 48.0 Å². The molecule has 12 heteroatoms. The number of alkyl halides is 1. The number of likely N-dealkylation sites (tertiary alicyclic amines) is 1.